The van der Waals surface area contributed by atoms with Gasteiger partial charge in [-0.05, 0) is 299 Å². The molecule has 0 saturated carbocycles. The number of hydrogen-bond acceptors (Lipinski definition) is 6. The van der Waals surface area contributed by atoms with E-state index in [2.05, 4.69) is 348 Å². The van der Waals surface area contributed by atoms with Crippen LogP contribution in [0.25, 0.3) is 82.1 Å². The lowest BCUT2D eigenvalue weighted by Gasteiger charge is -2.50. The van der Waals surface area contributed by atoms with E-state index in [4.69, 9.17) is 0 Å². The zero-order chi connectivity index (χ0) is 96.9. The van der Waals surface area contributed by atoms with E-state index < -0.39 is 33.5 Å². The highest BCUT2D eigenvalue weighted by atomic mass is 19.4. The Balaban J connectivity index is 0.000000111. The molecule has 21 aromatic rings. The van der Waals surface area contributed by atoms with Crippen LogP contribution in [0.2, 0.25) is 0 Å². The zero-order valence-electron chi connectivity index (χ0n) is 81.0. The molecule has 9 nitrogen and oxygen atoms in total. The third-order valence-electron chi connectivity index (χ3n) is 31.1. The van der Waals surface area contributed by atoms with Crippen LogP contribution in [0.3, 0.4) is 0 Å². The van der Waals surface area contributed by atoms with Crippen LogP contribution in [-0.2, 0) is 22.4 Å². The number of pyridine rings is 3. The maximum absolute atomic E-state index is 14.8. The van der Waals surface area contributed by atoms with Crippen molar-refractivity contribution in [3.05, 3.63) is 527 Å². The smallest absolute Gasteiger partial charge is 0.310 e. The van der Waals surface area contributed by atoms with Crippen LogP contribution in [0.4, 0.5) is 64.4 Å². The van der Waals surface area contributed by atoms with Crippen molar-refractivity contribution in [2.75, 3.05) is 14.7 Å². The molecule has 0 bridgehead atoms. The summed E-state index contributed by atoms with van der Waals surface area (Å²) in [6, 6.07) is 120. The van der Waals surface area contributed by atoms with Crippen LogP contribution >= 0.6 is 0 Å². The Morgan fingerprint density at radius 2 is 0.518 bits per heavy atom. The maximum Gasteiger partial charge on any atom is 0.417 e. The number of aryl methyl sites for hydroxylation is 14. The van der Waals surface area contributed by atoms with Crippen molar-refractivity contribution in [3.8, 4) is 17.1 Å². The molecule has 12 heteroatoms. The highest BCUT2D eigenvalue weighted by Gasteiger charge is 2.56. The van der Waals surface area contributed by atoms with Gasteiger partial charge in [-0.15, -0.1) is 0 Å². The van der Waals surface area contributed by atoms with Gasteiger partial charge in [0.15, 0.2) is 0 Å². The molecule has 0 aliphatic carbocycles. The fourth-order valence-corrected chi connectivity index (χ4v) is 25.7. The first-order valence-corrected chi connectivity index (χ1v) is 48.5. The van der Waals surface area contributed by atoms with Gasteiger partial charge in [-0.3, -0.25) is 28.1 Å². The van der Waals surface area contributed by atoms with Crippen molar-refractivity contribution in [2.24, 2.45) is 0 Å². The van der Waals surface area contributed by atoms with Crippen LogP contribution in [0.15, 0.2) is 360 Å². The van der Waals surface area contributed by atoms with Gasteiger partial charge in [0, 0.05) is 44.0 Å². The van der Waals surface area contributed by atoms with E-state index in [9.17, 15) is 27.6 Å². The van der Waals surface area contributed by atoms with Crippen molar-refractivity contribution in [2.45, 2.75) is 119 Å². The third kappa shape index (κ3) is 11.9. The summed E-state index contributed by atoms with van der Waals surface area (Å²) in [5, 5.41) is 6.32. The summed E-state index contributed by atoms with van der Waals surface area (Å²) >= 11 is 0. The SMILES string of the molecule is Cc1ccc(N2c3ccc(C)cc3C3(c4cc(C)ccc4-n4c(=O)c5ccc(C)cc5c5cc(C)cc3c54)c3cc(C)cc(C)c32)c(C)c1.Cc1ccc(N2c3ccccc3C3(c4ccccc42)c2cc(C)ccc2-n2c(=O)c4ccccc4c4cc(C)cc3c42)c(C)c1.Cc1ccccc1N1c2ccccc2C2(c3ccccc3-n3c(=O)c4c(C(F)(F)F)cccc4c4cccc2c43)c2cccc(C)c21. The summed E-state index contributed by atoms with van der Waals surface area (Å²) in [5.41, 5.74) is 41.5. The topological polar surface area (TPSA) is 75.7 Å². The molecule has 9 heterocycles. The number of rotatable bonds is 3. The molecule has 2 unspecified atom stereocenters. The summed E-state index contributed by atoms with van der Waals surface area (Å²) in [5.74, 6) is 0. The summed E-state index contributed by atoms with van der Waals surface area (Å²) in [6.07, 6.45) is -4.69. The van der Waals surface area contributed by atoms with Crippen LogP contribution in [0, 0.1) is 96.9 Å². The lowest BCUT2D eigenvalue weighted by Crippen LogP contribution is -2.43. The lowest BCUT2D eigenvalue weighted by atomic mass is 9.59. The van der Waals surface area contributed by atoms with Gasteiger partial charge in [-0.1, -0.05) is 305 Å². The van der Waals surface area contributed by atoms with Gasteiger partial charge in [0.1, 0.15) is 0 Å². The first-order valence-electron chi connectivity index (χ1n) is 48.5. The molecule has 3 aromatic heterocycles. The standard InChI is InChI=1S/C46H40N2O.C42H32N2O.C41H27F3N2O/c1-25-10-14-40(31(7)17-25)47-41-15-11-27(3)21-36(41)46(38-23-29(5)18-32(8)43(38)47)37-22-28(4)12-16-42(37)48-44-35(20-30(6)24-39(44)46)34-19-26(2)9-13-33(34)45(48)49;1-25-17-19-36(28(4)21-25)43-37-15-9-7-13-32(37)42(33-14-8-10-16-38(33)43)34-23-26(2)18-20-39(34)44-40-31(22-27(3)24-35(40)42)29-11-5-6-12-30(29)41(44)45;1-24-12-3-6-21-33(24)45-34-22-7-4-16-28(34)40(31-19-9-13-25(2)37(31)45)29-17-5-8-23-35(29)46-38-27(15-11-20-32(38)40)26-14-10-18-30(41(42,43)44)36(26)39(46)47/h9-24H,1-8H3;5-24H,1-4H3;3-23H,1-2H3. The number of alkyl halides is 3. The fraction of sp³-hybridized carbons (Fsp3) is 0.140. The van der Waals surface area contributed by atoms with Crippen molar-refractivity contribution in [1.82, 2.24) is 13.7 Å². The van der Waals surface area contributed by atoms with Gasteiger partial charge in [0.25, 0.3) is 16.7 Å². The number of para-hydroxylation sites is 7. The van der Waals surface area contributed by atoms with Crippen molar-refractivity contribution in [1.29, 1.82) is 0 Å². The molecule has 3 spiro atoms. The Morgan fingerprint density at radius 1 is 0.199 bits per heavy atom. The second-order valence-corrected chi connectivity index (χ2v) is 40.1. The first-order chi connectivity index (χ1) is 68.1. The van der Waals surface area contributed by atoms with E-state index in [1.165, 1.54) is 122 Å². The van der Waals surface area contributed by atoms with E-state index in [0.717, 1.165) is 145 Å². The van der Waals surface area contributed by atoms with Crippen molar-refractivity contribution >= 4 is 116 Å². The molecule has 6 aliphatic heterocycles. The summed E-state index contributed by atoms with van der Waals surface area (Å²) < 4.78 is 48.8. The number of hydrogen-bond donors (Lipinski definition) is 0. The Bertz CT molecular complexity index is 9320. The van der Waals surface area contributed by atoms with Gasteiger partial charge in [0.2, 0.25) is 0 Å². The molecule has 18 aromatic carbocycles. The third-order valence-corrected chi connectivity index (χ3v) is 31.1. The Hall–Kier alpha value is -16.4. The number of nitrogens with zero attached hydrogens (tertiary/aromatic N) is 6. The number of anilines is 9. The summed E-state index contributed by atoms with van der Waals surface area (Å²) in [4.78, 5) is 51.1. The number of halogens is 3. The summed E-state index contributed by atoms with van der Waals surface area (Å²) in [7, 11) is 0. The number of aromatic nitrogens is 3. The van der Waals surface area contributed by atoms with Crippen molar-refractivity contribution in [3.63, 3.8) is 0 Å². The van der Waals surface area contributed by atoms with Gasteiger partial charge in [-0.2, -0.15) is 13.2 Å². The van der Waals surface area contributed by atoms with E-state index in [1.54, 1.807) is 6.07 Å². The van der Waals surface area contributed by atoms with Crippen LogP contribution in [0.1, 0.15) is 150 Å². The van der Waals surface area contributed by atoms with E-state index in [0.29, 0.717) is 22.0 Å². The lowest BCUT2D eigenvalue weighted by molar-refractivity contribution is -0.136. The van der Waals surface area contributed by atoms with E-state index >= 15 is 0 Å². The van der Waals surface area contributed by atoms with Gasteiger partial charge in [0.05, 0.1) is 94.9 Å². The highest BCUT2D eigenvalue weighted by Crippen LogP contribution is 2.67. The molecule has 6 aliphatic rings. The predicted molar refractivity (Wildman–Crippen MR) is 573 cm³/mol. The van der Waals surface area contributed by atoms with E-state index in [1.807, 2.05) is 100 Å². The number of benzene rings is 18. The van der Waals surface area contributed by atoms with Gasteiger partial charge >= 0.3 is 6.18 Å². The Labute approximate surface area is 815 Å². The molecule has 0 saturated heterocycles. The maximum atomic E-state index is 14.8. The molecule has 2 atom stereocenters. The highest BCUT2D eigenvalue weighted by molar-refractivity contribution is 6.14. The molecule has 0 fully saturated rings. The van der Waals surface area contributed by atoms with Gasteiger partial charge < -0.3 is 14.7 Å². The van der Waals surface area contributed by atoms with Gasteiger partial charge in [-0.25, -0.2) is 0 Å². The molecule has 141 heavy (non-hydrogen) atoms. The largest absolute Gasteiger partial charge is 0.417 e. The van der Waals surface area contributed by atoms with Crippen LogP contribution < -0.4 is 31.4 Å². The zero-order valence-corrected chi connectivity index (χ0v) is 81.0. The minimum Gasteiger partial charge on any atom is -0.310 e. The second kappa shape index (κ2) is 31.0. The Morgan fingerprint density at radius 3 is 1.08 bits per heavy atom. The molecule has 0 amide bonds. The monoisotopic (exact) mass is 1840 g/mol. The number of fused-ring (bicyclic) bond motifs is 30. The second-order valence-electron chi connectivity index (χ2n) is 40.1. The molecule has 27 rings (SSSR count). The molecular weight excluding hydrogens is 1740 g/mol. The molecular formula is C129H99F3N6O3. The minimum absolute atomic E-state index is 0.0254. The predicted octanol–water partition coefficient (Wildman–Crippen LogP) is 31.2. The fourth-order valence-electron chi connectivity index (χ4n) is 25.7. The molecule has 684 valence electrons. The summed E-state index contributed by atoms with van der Waals surface area (Å²) in [6.45, 7) is 30.5. The molecule has 0 radical (unpaired) electrons. The average molecular weight is 1840 g/mol. The van der Waals surface area contributed by atoms with Crippen LogP contribution in [0.5, 0.6) is 0 Å². The van der Waals surface area contributed by atoms with Crippen LogP contribution in [-0.4, -0.2) is 13.7 Å². The average Bonchev–Trinajstić information content (AvgIpc) is 0.657. The van der Waals surface area contributed by atoms with Crippen molar-refractivity contribution < 1.29 is 13.2 Å². The normalized spacial score (nSPS) is 15.4. The molecule has 0 N–H and O–H groups in total. The Kier molecular flexibility index (Phi) is 19.0. The minimum atomic E-state index is -4.69. The van der Waals surface area contributed by atoms with E-state index in [-0.39, 0.29) is 16.5 Å². The quantitative estimate of drug-likeness (QED) is 0.164. The first kappa shape index (κ1) is 86.2.